The number of aryl methyl sites for hydroxylation is 2. The quantitative estimate of drug-likeness (QED) is 0.768. The Morgan fingerprint density at radius 3 is 2.72 bits per heavy atom. The van der Waals surface area contributed by atoms with Crippen LogP contribution in [0.5, 0.6) is 0 Å². The molecule has 0 spiro atoms. The van der Waals surface area contributed by atoms with Gasteiger partial charge in [-0.3, -0.25) is 4.79 Å². The fraction of sp³-hybridized carbons (Fsp3) is 0.429. The molecule has 134 valence electrons. The number of rotatable bonds is 7. The second kappa shape index (κ2) is 8.65. The summed E-state index contributed by atoms with van der Waals surface area (Å²) in [5.41, 5.74) is 5.17. The predicted molar refractivity (Wildman–Crippen MR) is 105 cm³/mol. The number of carbonyl (C=O) groups is 1. The molecule has 0 aliphatic heterocycles. The van der Waals surface area contributed by atoms with E-state index in [0.717, 1.165) is 41.2 Å². The minimum absolute atomic E-state index is 0.0661. The Labute approximate surface area is 150 Å². The van der Waals surface area contributed by atoms with Gasteiger partial charge < -0.3 is 5.32 Å². The lowest BCUT2D eigenvalue weighted by atomic mass is 10.1. The van der Waals surface area contributed by atoms with Crippen LogP contribution in [0.25, 0.3) is 5.70 Å². The van der Waals surface area contributed by atoms with Crippen LogP contribution in [0, 0.1) is 12.8 Å². The van der Waals surface area contributed by atoms with Gasteiger partial charge in [-0.05, 0) is 43.9 Å². The van der Waals surface area contributed by atoms with Crippen LogP contribution < -0.4 is 5.32 Å². The van der Waals surface area contributed by atoms with Gasteiger partial charge in [0.15, 0.2) is 0 Å². The number of anilines is 1. The first-order valence-electron chi connectivity index (χ1n) is 9.06. The van der Waals surface area contributed by atoms with Crippen molar-refractivity contribution in [2.45, 2.75) is 53.9 Å². The van der Waals surface area contributed by atoms with E-state index in [-0.39, 0.29) is 5.91 Å². The molecule has 0 atom stereocenters. The van der Waals surface area contributed by atoms with Crippen LogP contribution in [-0.4, -0.2) is 15.7 Å². The number of nitrogens with zero attached hydrogens (tertiary/aromatic N) is 2. The lowest BCUT2D eigenvalue weighted by Crippen LogP contribution is -2.08. The molecule has 4 heteroatoms. The summed E-state index contributed by atoms with van der Waals surface area (Å²) in [7, 11) is 0. The van der Waals surface area contributed by atoms with E-state index >= 15 is 0 Å². The summed E-state index contributed by atoms with van der Waals surface area (Å²) in [4.78, 5) is 11.4. The van der Waals surface area contributed by atoms with Gasteiger partial charge in [-0.15, -0.1) is 0 Å². The van der Waals surface area contributed by atoms with Gasteiger partial charge in [0.25, 0.3) is 0 Å². The summed E-state index contributed by atoms with van der Waals surface area (Å²) >= 11 is 0. The maximum absolute atomic E-state index is 11.4. The van der Waals surface area contributed by atoms with Gasteiger partial charge in [-0.1, -0.05) is 45.4 Å². The highest BCUT2D eigenvalue weighted by atomic mass is 16.1. The molecule has 4 nitrogen and oxygen atoms in total. The van der Waals surface area contributed by atoms with Crippen LogP contribution >= 0.6 is 0 Å². The molecule has 1 aromatic heterocycles. The molecule has 0 aliphatic rings. The molecular weight excluding hydrogens is 310 g/mol. The Kier molecular flexibility index (Phi) is 6.57. The van der Waals surface area contributed by atoms with Crippen LogP contribution in [0.4, 0.5) is 5.69 Å². The van der Waals surface area contributed by atoms with Crippen molar-refractivity contribution in [3.05, 3.63) is 53.4 Å². The Morgan fingerprint density at radius 2 is 2.08 bits per heavy atom. The Hall–Kier alpha value is -2.36. The number of hydrogen-bond donors (Lipinski definition) is 1. The lowest BCUT2D eigenvalue weighted by molar-refractivity contribution is -0.114. The molecule has 0 radical (unpaired) electrons. The molecule has 2 aromatic rings. The standard InChI is InChI=1S/C21H29N3O/c1-6-7-10-20-13-16(4)24(23-20)21(12-15(2)3)18-9-8-11-19(14-18)22-17(5)25/h8-9,11-15H,6-7,10H2,1-5H3,(H,22,25)/b21-12-. The van der Waals surface area contributed by atoms with Crippen LogP contribution in [0.3, 0.4) is 0 Å². The second-order valence-electron chi connectivity index (χ2n) is 6.85. The van der Waals surface area contributed by atoms with Crippen molar-refractivity contribution in [2.75, 3.05) is 5.32 Å². The normalized spacial score (nSPS) is 11.8. The van der Waals surface area contributed by atoms with E-state index in [4.69, 9.17) is 5.10 Å². The van der Waals surface area contributed by atoms with E-state index < -0.39 is 0 Å². The number of nitrogens with one attached hydrogen (secondary N) is 1. The van der Waals surface area contributed by atoms with Gasteiger partial charge in [0.1, 0.15) is 0 Å². The summed E-state index contributed by atoms with van der Waals surface area (Å²) in [6.45, 7) is 10.1. The van der Waals surface area contributed by atoms with Crippen LogP contribution in [-0.2, 0) is 11.2 Å². The number of aromatic nitrogens is 2. The smallest absolute Gasteiger partial charge is 0.221 e. The number of unbranched alkanes of at least 4 members (excludes halogenated alkanes) is 1. The molecule has 1 N–H and O–H groups in total. The fourth-order valence-electron chi connectivity index (χ4n) is 2.83. The summed E-state index contributed by atoms with van der Waals surface area (Å²) in [6, 6.07) is 10.1. The van der Waals surface area contributed by atoms with Crippen molar-refractivity contribution in [1.29, 1.82) is 0 Å². The van der Waals surface area contributed by atoms with Gasteiger partial charge in [0, 0.05) is 23.9 Å². The summed E-state index contributed by atoms with van der Waals surface area (Å²) in [5.74, 6) is 0.325. The number of hydrogen-bond acceptors (Lipinski definition) is 2. The van der Waals surface area contributed by atoms with Gasteiger partial charge in [-0.2, -0.15) is 5.10 Å². The molecular formula is C21H29N3O. The molecule has 0 saturated heterocycles. The third-order valence-electron chi connectivity index (χ3n) is 3.92. The van der Waals surface area contributed by atoms with E-state index in [1.54, 1.807) is 0 Å². The molecule has 2 rings (SSSR count). The monoisotopic (exact) mass is 339 g/mol. The molecule has 1 aromatic carbocycles. The van der Waals surface area contributed by atoms with E-state index in [9.17, 15) is 4.79 Å². The van der Waals surface area contributed by atoms with E-state index in [0.29, 0.717) is 5.92 Å². The van der Waals surface area contributed by atoms with Crippen molar-refractivity contribution < 1.29 is 4.79 Å². The number of amides is 1. The average molecular weight is 339 g/mol. The van der Waals surface area contributed by atoms with E-state index in [2.05, 4.69) is 51.2 Å². The number of allylic oxidation sites excluding steroid dienone is 1. The predicted octanol–water partition coefficient (Wildman–Crippen LogP) is 5.04. The van der Waals surface area contributed by atoms with E-state index in [1.807, 2.05) is 22.9 Å². The second-order valence-corrected chi connectivity index (χ2v) is 6.85. The Balaban J connectivity index is 2.44. The summed E-state index contributed by atoms with van der Waals surface area (Å²) < 4.78 is 2.03. The zero-order valence-electron chi connectivity index (χ0n) is 16.0. The minimum atomic E-state index is -0.0661. The zero-order valence-corrected chi connectivity index (χ0v) is 16.0. The topological polar surface area (TPSA) is 46.9 Å². The van der Waals surface area contributed by atoms with Gasteiger partial charge in [0.05, 0.1) is 11.4 Å². The molecule has 25 heavy (non-hydrogen) atoms. The molecule has 0 unspecified atom stereocenters. The third kappa shape index (κ3) is 5.31. The lowest BCUT2D eigenvalue weighted by Gasteiger charge is -2.13. The third-order valence-corrected chi connectivity index (χ3v) is 3.92. The summed E-state index contributed by atoms with van der Waals surface area (Å²) in [6.07, 6.45) is 5.54. The largest absolute Gasteiger partial charge is 0.326 e. The first kappa shape index (κ1) is 19.0. The summed E-state index contributed by atoms with van der Waals surface area (Å²) in [5, 5.41) is 7.69. The van der Waals surface area contributed by atoms with Crippen molar-refractivity contribution in [3.8, 4) is 0 Å². The van der Waals surface area contributed by atoms with Crippen molar-refractivity contribution in [2.24, 2.45) is 5.92 Å². The molecule has 1 amide bonds. The maximum atomic E-state index is 11.4. The highest BCUT2D eigenvalue weighted by molar-refractivity contribution is 5.89. The highest BCUT2D eigenvalue weighted by Crippen LogP contribution is 2.24. The Bertz CT molecular complexity index is 756. The molecule has 0 bridgehead atoms. The first-order chi connectivity index (χ1) is 11.9. The number of carbonyl (C=O) groups excluding carboxylic acids is 1. The van der Waals surface area contributed by atoms with Crippen molar-refractivity contribution in [1.82, 2.24) is 9.78 Å². The molecule has 0 saturated carbocycles. The van der Waals surface area contributed by atoms with E-state index in [1.165, 1.54) is 13.3 Å². The number of benzene rings is 1. The van der Waals surface area contributed by atoms with Crippen molar-refractivity contribution >= 4 is 17.3 Å². The van der Waals surface area contributed by atoms with Gasteiger partial charge in [0.2, 0.25) is 5.91 Å². The molecule has 0 fully saturated rings. The van der Waals surface area contributed by atoms with Crippen molar-refractivity contribution in [3.63, 3.8) is 0 Å². The molecule has 1 heterocycles. The van der Waals surface area contributed by atoms with Crippen LogP contribution in [0.1, 0.15) is 57.5 Å². The van der Waals surface area contributed by atoms with Crippen LogP contribution in [0.2, 0.25) is 0 Å². The van der Waals surface area contributed by atoms with Gasteiger partial charge in [-0.25, -0.2) is 4.68 Å². The van der Waals surface area contributed by atoms with Crippen LogP contribution in [0.15, 0.2) is 36.4 Å². The average Bonchev–Trinajstić information content (AvgIpc) is 2.90. The zero-order chi connectivity index (χ0) is 18.4. The SMILES string of the molecule is CCCCc1cc(C)n(/C(=C\C(C)C)c2cccc(NC(C)=O)c2)n1. The highest BCUT2D eigenvalue weighted by Gasteiger charge is 2.12. The van der Waals surface area contributed by atoms with Gasteiger partial charge >= 0.3 is 0 Å². The maximum Gasteiger partial charge on any atom is 0.221 e. The fourth-order valence-corrected chi connectivity index (χ4v) is 2.83. The minimum Gasteiger partial charge on any atom is -0.326 e. The first-order valence-corrected chi connectivity index (χ1v) is 9.06. The Morgan fingerprint density at radius 1 is 1.32 bits per heavy atom. The molecule has 0 aliphatic carbocycles.